The van der Waals surface area contributed by atoms with Gasteiger partial charge in [-0.3, -0.25) is 4.79 Å². The minimum absolute atomic E-state index is 0.111. The third kappa shape index (κ3) is 4.55. The third-order valence-corrected chi connectivity index (χ3v) is 4.17. The van der Waals surface area contributed by atoms with Crippen LogP contribution in [0.15, 0.2) is 0 Å². The third-order valence-electron chi connectivity index (χ3n) is 2.88. The molecule has 2 N–H and O–H groups in total. The number of carbonyl (C=O) groups is 1. The van der Waals surface area contributed by atoms with Crippen molar-refractivity contribution < 1.29 is 18.3 Å². The molecule has 106 valence electrons. The summed E-state index contributed by atoms with van der Waals surface area (Å²) in [7, 11) is -3.36. The van der Waals surface area contributed by atoms with E-state index in [1.807, 2.05) is 0 Å². The van der Waals surface area contributed by atoms with Crippen LogP contribution in [0.2, 0.25) is 0 Å². The first-order valence-corrected chi connectivity index (χ1v) is 7.93. The maximum atomic E-state index is 12.0. The highest BCUT2D eigenvalue weighted by Crippen LogP contribution is 2.20. The van der Waals surface area contributed by atoms with Gasteiger partial charge in [0.1, 0.15) is 6.04 Å². The summed E-state index contributed by atoms with van der Waals surface area (Å²) in [6, 6.07) is -0.643. The molecule has 1 atom stereocenters. The Morgan fingerprint density at radius 1 is 1.44 bits per heavy atom. The van der Waals surface area contributed by atoms with Gasteiger partial charge >= 0.3 is 0 Å². The Balaban J connectivity index is 2.70. The van der Waals surface area contributed by atoms with Crippen LogP contribution in [0.4, 0.5) is 0 Å². The number of hydrogen-bond acceptors (Lipinski definition) is 4. The molecule has 0 aromatic rings. The molecule has 0 bridgehead atoms. The van der Waals surface area contributed by atoms with E-state index in [1.54, 1.807) is 13.8 Å². The first kappa shape index (κ1) is 15.4. The van der Waals surface area contributed by atoms with Crippen LogP contribution >= 0.6 is 0 Å². The number of nitrogens with one attached hydrogen (secondary N) is 1. The van der Waals surface area contributed by atoms with Gasteiger partial charge in [0.25, 0.3) is 0 Å². The SMILES string of the molecule is CC(C)(O)CNC(=O)C1CCCCN1S(C)(=O)=O. The predicted molar refractivity (Wildman–Crippen MR) is 68.5 cm³/mol. The van der Waals surface area contributed by atoms with E-state index in [9.17, 15) is 18.3 Å². The fourth-order valence-corrected chi connectivity index (χ4v) is 3.11. The molecular weight excluding hydrogens is 256 g/mol. The van der Waals surface area contributed by atoms with Crippen molar-refractivity contribution in [2.24, 2.45) is 0 Å². The Labute approximate surface area is 108 Å². The number of hydrogen-bond donors (Lipinski definition) is 2. The quantitative estimate of drug-likeness (QED) is 0.738. The van der Waals surface area contributed by atoms with E-state index in [0.29, 0.717) is 13.0 Å². The molecule has 1 aliphatic heterocycles. The Bertz CT molecular complexity index is 400. The van der Waals surface area contributed by atoms with Gasteiger partial charge < -0.3 is 10.4 Å². The second kappa shape index (κ2) is 5.54. The monoisotopic (exact) mass is 278 g/mol. The zero-order chi connectivity index (χ0) is 14.0. The molecule has 18 heavy (non-hydrogen) atoms. The lowest BCUT2D eigenvalue weighted by molar-refractivity contribution is -0.126. The standard InChI is InChI=1S/C11H22N2O4S/c1-11(2,15)8-12-10(14)9-6-4-5-7-13(9)18(3,16)17/h9,15H,4-8H2,1-3H3,(H,12,14). The molecular formula is C11H22N2O4S. The van der Waals surface area contributed by atoms with E-state index < -0.39 is 21.7 Å². The van der Waals surface area contributed by atoms with Crippen LogP contribution in [-0.2, 0) is 14.8 Å². The molecule has 1 heterocycles. The van der Waals surface area contributed by atoms with Crippen LogP contribution in [-0.4, -0.2) is 54.7 Å². The number of sulfonamides is 1. The fraction of sp³-hybridized carbons (Fsp3) is 0.909. The molecule has 0 spiro atoms. The number of rotatable bonds is 4. The van der Waals surface area contributed by atoms with E-state index in [4.69, 9.17) is 0 Å². The summed E-state index contributed by atoms with van der Waals surface area (Å²) in [4.78, 5) is 12.0. The highest BCUT2D eigenvalue weighted by Gasteiger charge is 2.34. The van der Waals surface area contributed by atoms with Gasteiger partial charge in [0, 0.05) is 13.1 Å². The number of amides is 1. The highest BCUT2D eigenvalue weighted by atomic mass is 32.2. The lowest BCUT2D eigenvalue weighted by atomic mass is 10.0. The number of piperidine rings is 1. The minimum Gasteiger partial charge on any atom is -0.389 e. The second-order valence-corrected chi connectivity index (χ2v) is 7.35. The van der Waals surface area contributed by atoms with E-state index in [-0.39, 0.29) is 12.5 Å². The van der Waals surface area contributed by atoms with Crippen molar-refractivity contribution in [3.05, 3.63) is 0 Å². The fourth-order valence-electron chi connectivity index (χ4n) is 1.99. The topological polar surface area (TPSA) is 86.7 Å². The Hall–Kier alpha value is -0.660. The highest BCUT2D eigenvalue weighted by molar-refractivity contribution is 7.88. The number of aliphatic hydroxyl groups is 1. The van der Waals surface area contributed by atoms with Gasteiger partial charge in [-0.1, -0.05) is 6.42 Å². The van der Waals surface area contributed by atoms with Crippen molar-refractivity contribution in [3.8, 4) is 0 Å². The summed E-state index contributed by atoms with van der Waals surface area (Å²) in [5, 5.41) is 12.1. The second-order valence-electron chi connectivity index (χ2n) is 5.42. The molecule has 0 aromatic heterocycles. The molecule has 0 aliphatic carbocycles. The Kier molecular flexibility index (Phi) is 4.74. The van der Waals surface area contributed by atoms with Crippen molar-refractivity contribution in [2.75, 3.05) is 19.3 Å². The van der Waals surface area contributed by atoms with E-state index >= 15 is 0 Å². The number of nitrogens with zero attached hydrogens (tertiary/aromatic N) is 1. The molecule has 6 nitrogen and oxygen atoms in total. The van der Waals surface area contributed by atoms with Crippen LogP contribution in [0, 0.1) is 0 Å². The zero-order valence-electron chi connectivity index (χ0n) is 11.1. The van der Waals surface area contributed by atoms with E-state index in [1.165, 1.54) is 4.31 Å². The molecule has 1 unspecified atom stereocenters. The van der Waals surface area contributed by atoms with Crippen LogP contribution in [0.3, 0.4) is 0 Å². The lowest BCUT2D eigenvalue weighted by Gasteiger charge is -2.33. The average Bonchev–Trinajstić information content (AvgIpc) is 2.24. The minimum atomic E-state index is -3.36. The summed E-state index contributed by atoms with van der Waals surface area (Å²) in [5.41, 5.74) is -1.000. The molecule has 1 saturated heterocycles. The van der Waals surface area contributed by atoms with Crippen LogP contribution in [0.1, 0.15) is 33.1 Å². The zero-order valence-corrected chi connectivity index (χ0v) is 12.0. The first-order valence-electron chi connectivity index (χ1n) is 6.08. The molecule has 1 fully saturated rings. The average molecular weight is 278 g/mol. The smallest absolute Gasteiger partial charge is 0.238 e. The summed E-state index contributed by atoms with van der Waals surface area (Å²) in [6.45, 7) is 3.67. The molecule has 1 rings (SSSR count). The predicted octanol–water partition coefficient (Wildman–Crippen LogP) is -0.312. The maximum Gasteiger partial charge on any atom is 0.238 e. The van der Waals surface area contributed by atoms with Gasteiger partial charge in [0.15, 0.2) is 0 Å². The van der Waals surface area contributed by atoms with Crippen molar-refractivity contribution in [1.29, 1.82) is 0 Å². The van der Waals surface area contributed by atoms with Gasteiger partial charge in [0.2, 0.25) is 15.9 Å². The maximum absolute atomic E-state index is 12.0. The molecule has 1 amide bonds. The van der Waals surface area contributed by atoms with E-state index in [2.05, 4.69) is 5.32 Å². The largest absolute Gasteiger partial charge is 0.389 e. The van der Waals surface area contributed by atoms with Gasteiger partial charge in [-0.2, -0.15) is 4.31 Å². The Morgan fingerprint density at radius 3 is 2.56 bits per heavy atom. The van der Waals surface area contributed by atoms with Crippen molar-refractivity contribution in [1.82, 2.24) is 9.62 Å². The summed E-state index contributed by atoms with van der Waals surface area (Å²) < 4.78 is 24.4. The molecule has 0 aromatic carbocycles. The van der Waals surface area contributed by atoms with Gasteiger partial charge in [-0.25, -0.2) is 8.42 Å². The summed E-state index contributed by atoms with van der Waals surface area (Å²) >= 11 is 0. The summed E-state index contributed by atoms with van der Waals surface area (Å²) in [5.74, 6) is -0.331. The van der Waals surface area contributed by atoms with E-state index in [0.717, 1.165) is 19.1 Å². The van der Waals surface area contributed by atoms with Gasteiger partial charge in [-0.15, -0.1) is 0 Å². The van der Waals surface area contributed by atoms with Crippen LogP contribution in [0.5, 0.6) is 0 Å². The molecule has 0 saturated carbocycles. The van der Waals surface area contributed by atoms with Crippen LogP contribution in [0.25, 0.3) is 0 Å². The van der Waals surface area contributed by atoms with Crippen molar-refractivity contribution in [2.45, 2.75) is 44.8 Å². The number of carbonyl (C=O) groups excluding carboxylic acids is 1. The summed E-state index contributed by atoms with van der Waals surface area (Å²) in [6.07, 6.45) is 3.27. The van der Waals surface area contributed by atoms with Crippen molar-refractivity contribution >= 4 is 15.9 Å². The first-order chi connectivity index (χ1) is 8.11. The Morgan fingerprint density at radius 2 is 2.06 bits per heavy atom. The van der Waals surface area contributed by atoms with Crippen LogP contribution < -0.4 is 5.32 Å². The molecule has 1 aliphatic rings. The van der Waals surface area contributed by atoms with Crippen molar-refractivity contribution in [3.63, 3.8) is 0 Å². The van der Waals surface area contributed by atoms with Gasteiger partial charge in [0.05, 0.1) is 11.9 Å². The normalized spacial score (nSPS) is 22.8. The lowest BCUT2D eigenvalue weighted by Crippen LogP contribution is -2.53. The van der Waals surface area contributed by atoms with Gasteiger partial charge in [-0.05, 0) is 26.7 Å². The molecule has 7 heteroatoms. The molecule has 0 radical (unpaired) electrons.